The lowest BCUT2D eigenvalue weighted by Gasteiger charge is -2.21. The van der Waals surface area contributed by atoms with Crippen molar-refractivity contribution in [1.29, 1.82) is 0 Å². The number of quaternary nitrogens is 1. The predicted octanol–water partition coefficient (Wildman–Crippen LogP) is 3.21. The van der Waals surface area contributed by atoms with Crippen LogP contribution in [0.1, 0.15) is 29.0 Å². The zero-order valence-corrected chi connectivity index (χ0v) is 17.5. The minimum Gasteiger partial charge on any atom is -0.494 e. The summed E-state index contributed by atoms with van der Waals surface area (Å²) >= 11 is 1.63. The zero-order valence-electron chi connectivity index (χ0n) is 16.7. The van der Waals surface area contributed by atoms with E-state index in [9.17, 15) is 9.18 Å². The van der Waals surface area contributed by atoms with Gasteiger partial charge in [0.05, 0.1) is 19.7 Å². The molecule has 29 heavy (non-hydrogen) atoms. The Kier molecular flexibility index (Phi) is 7.38. The Bertz CT molecular complexity index is 916. The maximum absolute atomic E-state index is 14.0. The second-order valence-electron chi connectivity index (χ2n) is 6.85. The number of ether oxygens (including phenoxy) is 1. The Morgan fingerprint density at radius 1 is 1.17 bits per heavy atom. The second-order valence-corrected chi connectivity index (χ2v) is 7.83. The normalized spacial score (nSPS) is 12.9. The maximum Gasteiger partial charge on any atom is 0.275 e. The third kappa shape index (κ3) is 5.65. The molecular weight excluding hydrogens is 387 g/mol. The molecule has 0 radical (unpaired) electrons. The van der Waals surface area contributed by atoms with Crippen molar-refractivity contribution in [2.24, 2.45) is 0 Å². The lowest BCUT2D eigenvalue weighted by Crippen LogP contribution is -3.11. The Balaban J connectivity index is 1.67. The molecule has 0 bridgehead atoms. The minimum absolute atomic E-state index is 0.0295. The molecule has 1 amide bonds. The van der Waals surface area contributed by atoms with Gasteiger partial charge in [0.2, 0.25) is 0 Å². The number of rotatable bonds is 9. The Morgan fingerprint density at radius 2 is 1.97 bits per heavy atom. The monoisotopic (exact) mass is 413 g/mol. The fourth-order valence-electron chi connectivity index (χ4n) is 3.28. The van der Waals surface area contributed by atoms with E-state index in [0.717, 1.165) is 27.4 Å². The van der Waals surface area contributed by atoms with E-state index in [0.29, 0.717) is 13.1 Å². The van der Waals surface area contributed by atoms with Crippen LogP contribution in [-0.4, -0.2) is 26.1 Å². The predicted molar refractivity (Wildman–Crippen MR) is 114 cm³/mol. The fraction of sp³-hybridized carbons (Fsp3) is 0.261. The van der Waals surface area contributed by atoms with Crippen molar-refractivity contribution in [3.63, 3.8) is 0 Å². The van der Waals surface area contributed by atoms with E-state index in [2.05, 4.69) is 5.32 Å². The highest BCUT2D eigenvalue weighted by molar-refractivity contribution is 7.10. The summed E-state index contributed by atoms with van der Waals surface area (Å²) in [5, 5.41) is 5.19. The molecule has 1 heterocycles. The number of carbonyl (C=O) groups excluding carboxylic acids is 1. The van der Waals surface area contributed by atoms with Crippen LogP contribution < -0.4 is 15.0 Å². The molecule has 3 aromatic rings. The summed E-state index contributed by atoms with van der Waals surface area (Å²) in [7, 11) is 1.45. The van der Waals surface area contributed by atoms with Crippen molar-refractivity contribution in [1.82, 2.24) is 5.32 Å². The van der Waals surface area contributed by atoms with E-state index >= 15 is 0 Å². The molecule has 0 saturated carbocycles. The quantitative estimate of drug-likeness (QED) is 0.566. The molecule has 0 aliphatic carbocycles. The van der Waals surface area contributed by atoms with Crippen LogP contribution in [0, 0.1) is 5.82 Å². The smallest absolute Gasteiger partial charge is 0.275 e. The lowest BCUT2D eigenvalue weighted by molar-refractivity contribution is -0.904. The van der Waals surface area contributed by atoms with Gasteiger partial charge in [0.25, 0.3) is 5.91 Å². The van der Waals surface area contributed by atoms with Crippen molar-refractivity contribution in [3.8, 4) is 5.75 Å². The SMILES string of the molecule is CC[NH+](CC(=O)N[C@@H](c1ccccc1)c1cccs1)Cc1ccc(OC)c(F)c1. The molecule has 0 fully saturated rings. The number of benzene rings is 2. The summed E-state index contributed by atoms with van der Waals surface area (Å²) in [5.41, 5.74) is 1.89. The van der Waals surface area contributed by atoms with Gasteiger partial charge in [-0.1, -0.05) is 36.4 Å². The van der Waals surface area contributed by atoms with Crippen LogP contribution in [0.2, 0.25) is 0 Å². The third-order valence-corrected chi connectivity index (χ3v) is 5.78. The first-order valence-electron chi connectivity index (χ1n) is 9.64. The Labute approximate surface area is 174 Å². The number of amides is 1. The number of nitrogens with one attached hydrogen (secondary N) is 2. The van der Waals surface area contributed by atoms with Crippen molar-refractivity contribution >= 4 is 17.2 Å². The van der Waals surface area contributed by atoms with Crippen molar-refractivity contribution in [3.05, 3.63) is 87.9 Å². The highest BCUT2D eigenvalue weighted by atomic mass is 32.1. The summed E-state index contributed by atoms with van der Waals surface area (Å²) in [6.07, 6.45) is 0. The molecule has 0 saturated heterocycles. The van der Waals surface area contributed by atoms with Crippen LogP contribution in [-0.2, 0) is 11.3 Å². The van der Waals surface area contributed by atoms with E-state index in [-0.39, 0.29) is 23.5 Å². The lowest BCUT2D eigenvalue weighted by atomic mass is 10.1. The number of methoxy groups -OCH3 is 1. The summed E-state index contributed by atoms with van der Waals surface area (Å²) in [6.45, 7) is 3.67. The van der Waals surface area contributed by atoms with Crippen LogP contribution in [0.25, 0.3) is 0 Å². The molecular formula is C23H26FN2O2S+. The number of halogens is 1. The maximum atomic E-state index is 14.0. The van der Waals surface area contributed by atoms with Gasteiger partial charge in [0, 0.05) is 10.4 Å². The second kappa shape index (κ2) is 10.2. The minimum atomic E-state index is -0.383. The summed E-state index contributed by atoms with van der Waals surface area (Å²) < 4.78 is 18.9. The molecule has 2 N–H and O–H groups in total. The molecule has 2 atom stereocenters. The number of hydrogen-bond acceptors (Lipinski definition) is 3. The third-order valence-electron chi connectivity index (χ3n) is 4.85. The Hall–Kier alpha value is -2.70. The first-order valence-corrected chi connectivity index (χ1v) is 10.5. The molecule has 4 nitrogen and oxygen atoms in total. The summed E-state index contributed by atoms with van der Waals surface area (Å²) in [5.74, 6) is -0.184. The molecule has 152 valence electrons. The number of carbonyl (C=O) groups is 1. The van der Waals surface area contributed by atoms with Crippen LogP contribution in [0.5, 0.6) is 5.75 Å². The molecule has 0 spiro atoms. The van der Waals surface area contributed by atoms with Crippen molar-refractivity contribution in [2.75, 3.05) is 20.2 Å². The number of likely N-dealkylation sites (N-methyl/N-ethyl adjacent to an activating group) is 1. The van der Waals surface area contributed by atoms with Gasteiger partial charge in [0.1, 0.15) is 6.54 Å². The highest BCUT2D eigenvalue weighted by Gasteiger charge is 2.21. The zero-order chi connectivity index (χ0) is 20.6. The molecule has 3 rings (SSSR count). The van der Waals surface area contributed by atoms with Crippen LogP contribution in [0.3, 0.4) is 0 Å². The first kappa shape index (κ1) is 21.0. The van der Waals surface area contributed by atoms with Crippen molar-refractivity contribution in [2.45, 2.75) is 19.5 Å². The highest BCUT2D eigenvalue weighted by Crippen LogP contribution is 2.25. The molecule has 2 aromatic carbocycles. The van der Waals surface area contributed by atoms with E-state index in [1.54, 1.807) is 17.4 Å². The van der Waals surface area contributed by atoms with Gasteiger partial charge in [0.15, 0.2) is 18.1 Å². The molecule has 0 aliphatic rings. The summed E-state index contributed by atoms with van der Waals surface area (Å²) in [4.78, 5) is 15.0. The van der Waals surface area contributed by atoms with Gasteiger partial charge in [-0.3, -0.25) is 4.79 Å². The summed E-state index contributed by atoms with van der Waals surface area (Å²) in [6, 6.07) is 18.8. The molecule has 6 heteroatoms. The average molecular weight is 414 g/mol. The van der Waals surface area contributed by atoms with Crippen LogP contribution in [0.15, 0.2) is 66.0 Å². The van der Waals surface area contributed by atoms with E-state index in [4.69, 9.17) is 4.74 Å². The topological polar surface area (TPSA) is 42.8 Å². The van der Waals surface area contributed by atoms with Gasteiger partial charge >= 0.3 is 0 Å². The first-order chi connectivity index (χ1) is 14.1. The van der Waals surface area contributed by atoms with E-state index < -0.39 is 0 Å². The fourth-order valence-corrected chi connectivity index (χ4v) is 4.08. The van der Waals surface area contributed by atoms with Crippen molar-refractivity contribution < 1.29 is 18.8 Å². The van der Waals surface area contributed by atoms with E-state index in [1.807, 2.05) is 60.8 Å². The van der Waals surface area contributed by atoms with Gasteiger partial charge in [-0.05, 0) is 42.1 Å². The standard InChI is InChI=1S/C23H25FN2O2S/c1-3-26(15-17-11-12-20(28-2)19(24)14-17)16-22(27)25-23(21-10-7-13-29-21)18-8-5-4-6-9-18/h4-14,23H,3,15-16H2,1-2H3,(H,25,27)/p+1/t23-/m0/s1. The number of thiophene rings is 1. The molecule has 1 unspecified atom stereocenters. The average Bonchev–Trinajstić information content (AvgIpc) is 3.27. The van der Waals surface area contributed by atoms with Crippen LogP contribution in [0.4, 0.5) is 4.39 Å². The largest absolute Gasteiger partial charge is 0.494 e. The van der Waals surface area contributed by atoms with Gasteiger partial charge in [-0.2, -0.15) is 0 Å². The molecule has 0 aliphatic heterocycles. The van der Waals surface area contributed by atoms with Gasteiger partial charge in [-0.15, -0.1) is 11.3 Å². The van der Waals surface area contributed by atoms with Gasteiger partial charge < -0.3 is 15.0 Å². The van der Waals surface area contributed by atoms with Gasteiger partial charge in [-0.25, -0.2) is 4.39 Å². The number of hydrogen-bond donors (Lipinski definition) is 2. The Morgan fingerprint density at radius 3 is 2.59 bits per heavy atom. The van der Waals surface area contributed by atoms with E-state index in [1.165, 1.54) is 13.2 Å². The van der Waals surface area contributed by atoms with Crippen LogP contribution >= 0.6 is 11.3 Å². The molecule has 1 aromatic heterocycles.